The van der Waals surface area contributed by atoms with Crippen molar-refractivity contribution in [1.29, 1.82) is 5.26 Å². The fourth-order valence-electron chi connectivity index (χ4n) is 0. The molecule has 0 saturated heterocycles. The van der Waals surface area contributed by atoms with E-state index in [1.807, 2.05) is 6.79 Å². The van der Waals surface area contributed by atoms with Crippen LogP contribution in [0.25, 0.3) is 0 Å². The summed E-state index contributed by atoms with van der Waals surface area (Å²) in [6.07, 6.45) is 0. The van der Waals surface area contributed by atoms with Gasteiger partial charge in [-0.25, -0.2) is 5.26 Å². The number of nitriles is 1. The molecule has 6 nitrogen and oxygen atoms in total. The Morgan fingerprint density at radius 1 is 1.31 bits per heavy atom. The van der Waals surface area contributed by atoms with Gasteiger partial charge in [0.1, 0.15) is 12.6 Å². The number of nitrogens with zero attached hydrogens (tertiary/aromatic N) is 1. The average molecular weight is 221 g/mol. The van der Waals surface area contributed by atoms with E-state index in [0.717, 1.165) is 0 Å². The summed E-state index contributed by atoms with van der Waals surface area (Å²) >= 11 is -2.61. The molecule has 0 fully saturated rings. The summed E-state index contributed by atoms with van der Waals surface area (Å²) in [5.74, 6) is 0.167. The molecule has 0 aliphatic carbocycles. The van der Waals surface area contributed by atoms with E-state index < -0.39 is 11.4 Å². The van der Waals surface area contributed by atoms with E-state index in [9.17, 15) is 4.79 Å². The molecule has 0 radical (unpaired) electrons. The van der Waals surface area contributed by atoms with Crippen molar-refractivity contribution < 1.29 is 22.9 Å². The predicted octanol–water partition coefficient (Wildman–Crippen LogP) is -0.417. The number of carbonyl (C=O) groups is 2. The standard InChI is InChI=1S/C3H6O.CHN.CH2O.Na.H2O3S.H/c1-3(2)4;2*1-2;;1-4(2)3;/h1-2H3;1H;1H2;;(H2,1,2,3);. The van der Waals surface area contributed by atoms with E-state index in [1.165, 1.54) is 13.8 Å². The molecule has 0 aromatic heterocycles. The third-order valence-electron chi connectivity index (χ3n) is 0. The number of carbonyl (C=O) groups excluding carboxylic acids is 2. The molecule has 0 rings (SSSR count). The van der Waals surface area contributed by atoms with Crippen molar-refractivity contribution >= 4 is 53.5 Å². The number of Topliss-reactive ketones (excluding diaryl/α,β-unsaturated/α-hetero) is 1. The second kappa shape index (κ2) is 40.6. The van der Waals surface area contributed by atoms with Crippen LogP contribution in [-0.4, -0.2) is 55.4 Å². The van der Waals surface area contributed by atoms with E-state index in [4.69, 9.17) is 23.4 Å². The zero-order valence-corrected chi connectivity index (χ0v) is 7.58. The SMILES string of the molecule is C#N.C=O.CC(C)=O.O=S(O)O.[NaH]. The van der Waals surface area contributed by atoms with Crippen LogP contribution in [0.15, 0.2) is 0 Å². The molecular weight excluding hydrogens is 209 g/mol. The van der Waals surface area contributed by atoms with Gasteiger partial charge < -0.3 is 9.59 Å². The van der Waals surface area contributed by atoms with Gasteiger partial charge in [-0.1, -0.05) is 0 Å². The molecule has 0 saturated carbocycles. The summed E-state index contributed by atoms with van der Waals surface area (Å²) in [4.78, 5) is 17.4. The number of hydrogen-bond acceptors (Lipinski definition) is 4. The van der Waals surface area contributed by atoms with Gasteiger partial charge in [0.2, 0.25) is 0 Å². The second-order valence-electron chi connectivity index (χ2n) is 1.14. The molecule has 13 heavy (non-hydrogen) atoms. The van der Waals surface area contributed by atoms with E-state index in [-0.39, 0.29) is 35.3 Å². The Labute approximate surface area is 102 Å². The first-order valence-corrected chi connectivity index (χ1v) is 3.35. The van der Waals surface area contributed by atoms with Crippen LogP contribution in [-0.2, 0) is 21.0 Å². The van der Waals surface area contributed by atoms with Gasteiger partial charge in [-0.15, -0.1) is 0 Å². The minimum absolute atomic E-state index is 0. The van der Waals surface area contributed by atoms with Gasteiger partial charge in [0.15, 0.2) is 0 Å². The Bertz CT molecular complexity index is 120. The van der Waals surface area contributed by atoms with Crippen molar-refractivity contribution in [3.05, 3.63) is 0 Å². The van der Waals surface area contributed by atoms with Crippen molar-refractivity contribution in [2.24, 2.45) is 0 Å². The Balaban J connectivity index is -0.0000000226. The van der Waals surface area contributed by atoms with E-state index >= 15 is 0 Å². The summed E-state index contributed by atoms with van der Waals surface area (Å²) in [6, 6.07) is 0. The maximum absolute atomic E-state index is 9.44. The van der Waals surface area contributed by atoms with Crippen LogP contribution >= 0.6 is 0 Å². The van der Waals surface area contributed by atoms with Crippen LogP contribution < -0.4 is 0 Å². The first-order chi connectivity index (χ1) is 5.46. The van der Waals surface area contributed by atoms with Crippen molar-refractivity contribution in [1.82, 2.24) is 0 Å². The van der Waals surface area contributed by atoms with E-state index in [0.29, 0.717) is 0 Å². The first-order valence-electron chi connectivity index (χ1n) is 2.28. The molecule has 0 aliphatic rings. The Morgan fingerprint density at radius 2 is 1.31 bits per heavy atom. The molecule has 0 heterocycles. The fourth-order valence-corrected chi connectivity index (χ4v) is 0. The number of ketones is 1. The predicted molar refractivity (Wildman–Crippen MR) is 50.7 cm³/mol. The topological polar surface area (TPSA) is 115 Å². The third-order valence-corrected chi connectivity index (χ3v) is 0. The molecule has 0 aromatic carbocycles. The van der Waals surface area contributed by atoms with Gasteiger partial charge in [0.25, 0.3) is 11.4 Å². The van der Waals surface area contributed by atoms with Gasteiger partial charge in [-0.2, -0.15) is 4.21 Å². The number of rotatable bonds is 0. The molecule has 8 heteroatoms. The molecule has 0 unspecified atom stereocenters. The maximum atomic E-state index is 9.44. The van der Waals surface area contributed by atoms with Crippen LogP contribution in [0.3, 0.4) is 0 Å². The van der Waals surface area contributed by atoms with Crippen LogP contribution in [0.4, 0.5) is 0 Å². The summed E-state index contributed by atoms with van der Waals surface area (Å²) in [5, 5.41) is 6.50. The normalized spacial score (nSPS) is 5.15. The average Bonchev–Trinajstić information content (AvgIpc) is 1.93. The Morgan fingerprint density at radius 3 is 1.31 bits per heavy atom. The summed E-state index contributed by atoms with van der Waals surface area (Å²) in [6.45, 7) is 8.56. The van der Waals surface area contributed by atoms with Gasteiger partial charge in [0.05, 0.1) is 0 Å². The molecule has 74 valence electrons. The van der Waals surface area contributed by atoms with Crippen molar-refractivity contribution in [2.75, 3.05) is 0 Å². The third kappa shape index (κ3) is 117000. The van der Waals surface area contributed by atoms with Crippen molar-refractivity contribution in [3.8, 4) is 6.57 Å². The monoisotopic (exact) mass is 221 g/mol. The Hall–Kier alpha value is -0.100. The minimum atomic E-state index is -2.61. The van der Waals surface area contributed by atoms with E-state index in [2.05, 4.69) is 6.57 Å². The van der Waals surface area contributed by atoms with Gasteiger partial charge in [-0.3, -0.25) is 9.11 Å². The fraction of sp³-hybridized carbons (Fsp3) is 0.400. The summed E-state index contributed by atoms with van der Waals surface area (Å²) in [5.41, 5.74) is 0. The molecule has 0 atom stereocenters. The molecule has 2 N–H and O–H groups in total. The van der Waals surface area contributed by atoms with Gasteiger partial charge in [-0.05, 0) is 13.8 Å². The second-order valence-corrected chi connectivity index (χ2v) is 1.60. The van der Waals surface area contributed by atoms with Crippen LogP contribution in [0.2, 0.25) is 0 Å². The van der Waals surface area contributed by atoms with Crippen LogP contribution in [0.5, 0.6) is 0 Å². The van der Waals surface area contributed by atoms with Crippen LogP contribution in [0.1, 0.15) is 13.8 Å². The van der Waals surface area contributed by atoms with E-state index in [1.54, 1.807) is 0 Å². The van der Waals surface area contributed by atoms with Crippen LogP contribution in [0, 0.1) is 11.8 Å². The van der Waals surface area contributed by atoms with Crippen molar-refractivity contribution in [2.45, 2.75) is 13.8 Å². The number of hydrogen-bond donors (Lipinski definition) is 2. The van der Waals surface area contributed by atoms with Gasteiger partial charge in [0, 0.05) is 6.57 Å². The summed E-state index contributed by atoms with van der Waals surface area (Å²) < 4.78 is 22.8. The quantitative estimate of drug-likeness (QED) is 0.424. The first kappa shape index (κ1) is 29.3. The molecule has 0 spiro atoms. The van der Waals surface area contributed by atoms with Gasteiger partial charge >= 0.3 is 29.6 Å². The molecule has 0 bridgehead atoms. The molecule has 0 aliphatic heterocycles. The zero-order chi connectivity index (χ0) is 11.2. The molecular formula is C5H12NNaO5S. The van der Waals surface area contributed by atoms with Crippen molar-refractivity contribution in [3.63, 3.8) is 0 Å². The zero-order valence-electron chi connectivity index (χ0n) is 6.76. The summed E-state index contributed by atoms with van der Waals surface area (Å²) in [7, 11) is 0. The molecule has 0 aromatic rings. The Kier molecular flexibility index (Phi) is 91.4. The molecule has 0 amide bonds.